The molecule has 4 nitrogen and oxygen atoms in total. The Morgan fingerprint density at radius 3 is 1.07 bits per heavy atom. The molecule has 0 amide bonds. The molecule has 0 spiro atoms. The predicted molar refractivity (Wildman–Crippen MR) is 141 cm³/mol. The molecule has 0 unspecified atom stereocenters. The zero-order chi connectivity index (χ0) is 30.0. The molecule has 0 saturated heterocycles. The average Bonchev–Trinajstić information content (AvgIpc) is 2.91. The van der Waals surface area contributed by atoms with Crippen LogP contribution >= 0.6 is 0 Å². The van der Waals surface area contributed by atoms with Gasteiger partial charge in [-0.2, -0.15) is 26.3 Å². The molecule has 4 aromatic rings. The molecule has 0 aliphatic rings. The van der Waals surface area contributed by atoms with Crippen LogP contribution in [0.2, 0.25) is 0 Å². The predicted octanol–water partition coefficient (Wildman–Crippen LogP) is 9.32. The summed E-state index contributed by atoms with van der Waals surface area (Å²) in [5, 5.41) is 0. The monoisotopic (exact) mass is 576 g/mol. The Morgan fingerprint density at radius 1 is 0.463 bits per heavy atom. The van der Waals surface area contributed by atoms with Gasteiger partial charge in [0.1, 0.15) is 34.5 Å². The highest BCUT2D eigenvalue weighted by Crippen LogP contribution is 2.56. The number of aryl methyl sites for hydroxylation is 2. The van der Waals surface area contributed by atoms with Gasteiger partial charge in [0.25, 0.3) is 0 Å². The lowest BCUT2D eigenvalue weighted by Gasteiger charge is -2.38. The first-order chi connectivity index (χ1) is 19.3. The molecular formula is C31H26F6O4. The van der Waals surface area contributed by atoms with Crippen LogP contribution in [0.4, 0.5) is 26.3 Å². The number of alkyl halides is 6. The van der Waals surface area contributed by atoms with E-state index in [0.717, 1.165) is 59.7 Å². The minimum atomic E-state index is -5.73. The second-order valence-corrected chi connectivity index (χ2v) is 9.26. The lowest BCUT2D eigenvalue weighted by molar-refractivity contribution is -0.288. The number of benzene rings is 4. The molecule has 0 aliphatic heterocycles. The fraction of sp³-hybridized carbons (Fsp3) is 0.226. The Hall–Kier alpha value is -4.34. The largest absolute Gasteiger partial charge is 0.496 e. The second kappa shape index (κ2) is 11.3. The highest BCUT2D eigenvalue weighted by atomic mass is 19.4. The number of halogens is 6. The molecule has 0 atom stereocenters. The topological polar surface area (TPSA) is 36.9 Å². The van der Waals surface area contributed by atoms with E-state index < -0.39 is 28.9 Å². The number of hydrogen-bond donors (Lipinski definition) is 0. The maximum Gasteiger partial charge on any atom is 0.411 e. The van der Waals surface area contributed by atoms with Gasteiger partial charge in [-0.15, -0.1) is 0 Å². The van der Waals surface area contributed by atoms with Crippen molar-refractivity contribution < 1.29 is 45.3 Å². The van der Waals surface area contributed by atoms with Crippen LogP contribution in [0.5, 0.6) is 34.5 Å². The maximum atomic E-state index is 14.6. The quantitative estimate of drug-likeness (QED) is 0.196. The lowest BCUT2D eigenvalue weighted by atomic mass is 9.73. The number of hydrogen-bond acceptors (Lipinski definition) is 4. The van der Waals surface area contributed by atoms with Crippen molar-refractivity contribution >= 4 is 0 Å². The van der Waals surface area contributed by atoms with E-state index in [4.69, 9.17) is 18.9 Å². The summed E-state index contributed by atoms with van der Waals surface area (Å²) in [7, 11) is 2.93. The van der Waals surface area contributed by atoms with Crippen molar-refractivity contribution in [2.45, 2.75) is 31.6 Å². The number of rotatable bonds is 8. The molecule has 0 aliphatic carbocycles. The van der Waals surface area contributed by atoms with Gasteiger partial charge in [-0.05, 0) is 72.5 Å². The van der Waals surface area contributed by atoms with Crippen molar-refractivity contribution in [1.82, 2.24) is 0 Å². The van der Waals surface area contributed by atoms with Gasteiger partial charge >= 0.3 is 12.4 Å². The van der Waals surface area contributed by atoms with Gasteiger partial charge in [0.2, 0.25) is 5.41 Å². The van der Waals surface area contributed by atoms with Crippen LogP contribution in [0.1, 0.15) is 22.3 Å². The highest BCUT2D eigenvalue weighted by Gasteiger charge is 2.72. The minimum Gasteiger partial charge on any atom is -0.496 e. The molecule has 10 heteroatoms. The maximum absolute atomic E-state index is 14.6. The van der Waals surface area contributed by atoms with E-state index in [9.17, 15) is 26.3 Å². The van der Waals surface area contributed by atoms with E-state index in [-0.39, 0.29) is 11.5 Å². The van der Waals surface area contributed by atoms with Crippen molar-refractivity contribution in [2.75, 3.05) is 14.2 Å². The summed E-state index contributed by atoms with van der Waals surface area (Å²) < 4.78 is 109. The van der Waals surface area contributed by atoms with Crippen LogP contribution in [0, 0.1) is 13.8 Å². The Kier molecular flexibility index (Phi) is 8.15. The summed E-state index contributed by atoms with van der Waals surface area (Å²) in [6.45, 7) is 3.62. The van der Waals surface area contributed by atoms with Crippen LogP contribution in [-0.4, -0.2) is 26.6 Å². The van der Waals surface area contributed by atoms with E-state index in [1.165, 1.54) is 14.2 Å². The first-order valence-corrected chi connectivity index (χ1v) is 12.3. The van der Waals surface area contributed by atoms with Gasteiger partial charge in [-0.25, -0.2) is 0 Å². The van der Waals surface area contributed by atoms with E-state index in [0.29, 0.717) is 23.0 Å². The molecule has 0 bridgehead atoms. The van der Waals surface area contributed by atoms with Gasteiger partial charge < -0.3 is 18.9 Å². The van der Waals surface area contributed by atoms with Gasteiger partial charge in [0, 0.05) is 12.1 Å². The molecule has 4 rings (SSSR count). The molecule has 0 heterocycles. The fourth-order valence-corrected chi connectivity index (χ4v) is 4.53. The summed E-state index contributed by atoms with van der Waals surface area (Å²) in [5.74, 6) is 1.74. The molecule has 0 N–H and O–H groups in total. The second-order valence-electron chi connectivity index (χ2n) is 9.26. The first-order valence-electron chi connectivity index (χ1n) is 12.3. The summed E-state index contributed by atoms with van der Waals surface area (Å²) in [5.41, 5.74) is -4.68. The van der Waals surface area contributed by atoms with Crippen molar-refractivity contribution in [3.63, 3.8) is 0 Å². The molecule has 0 saturated carbocycles. The average molecular weight is 577 g/mol. The third kappa shape index (κ3) is 5.77. The van der Waals surface area contributed by atoms with E-state index in [1.54, 1.807) is 36.4 Å². The summed E-state index contributed by atoms with van der Waals surface area (Å²) in [6.07, 6.45) is -11.5. The third-order valence-electron chi connectivity index (χ3n) is 6.66. The first kappa shape index (κ1) is 29.6. The molecule has 0 radical (unpaired) electrons. The molecule has 41 heavy (non-hydrogen) atoms. The van der Waals surface area contributed by atoms with E-state index in [2.05, 4.69) is 0 Å². The van der Waals surface area contributed by atoms with E-state index in [1.807, 2.05) is 13.8 Å². The van der Waals surface area contributed by atoms with Crippen molar-refractivity contribution in [1.29, 1.82) is 0 Å². The van der Waals surface area contributed by atoms with Gasteiger partial charge in [0.15, 0.2) is 0 Å². The van der Waals surface area contributed by atoms with Crippen LogP contribution in [0.3, 0.4) is 0 Å². The van der Waals surface area contributed by atoms with E-state index >= 15 is 0 Å². The Balaban J connectivity index is 1.70. The smallest absolute Gasteiger partial charge is 0.411 e. The number of ether oxygens (including phenoxy) is 4. The van der Waals surface area contributed by atoms with Crippen LogP contribution in [0.15, 0.2) is 84.9 Å². The summed E-state index contributed by atoms with van der Waals surface area (Å²) in [4.78, 5) is 0. The highest BCUT2D eigenvalue weighted by molar-refractivity contribution is 5.49. The lowest BCUT2D eigenvalue weighted by Crippen LogP contribution is -2.54. The fourth-order valence-electron chi connectivity index (χ4n) is 4.53. The Labute approximate surface area is 233 Å². The van der Waals surface area contributed by atoms with Crippen molar-refractivity contribution in [3.05, 3.63) is 107 Å². The molecule has 216 valence electrons. The van der Waals surface area contributed by atoms with Crippen LogP contribution in [-0.2, 0) is 5.41 Å². The van der Waals surface area contributed by atoms with Crippen LogP contribution < -0.4 is 18.9 Å². The summed E-state index contributed by atoms with van der Waals surface area (Å²) >= 11 is 0. The molecule has 0 fully saturated rings. The molecule has 0 aromatic heterocycles. The van der Waals surface area contributed by atoms with Gasteiger partial charge in [0.05, 0.1) is 14.2 Å². The molecular weight excluding hydrogens is 550 g/mol. The third-order valence-corrected chi connectivity index (χ3v) is 6.66. The normalized spacial score (nSPS) is 12.1. The zero-order valence-electron chi connectivity index (χ0n) is 22.5. The standard InChI is InChI=1S/C31H26F6O4/c1-19-5-11-25(17-27(19)38-3)40-23-13-7-21(8-14-23)29(30(32,33)34,31(35,36)37)22-9-15-24(16-10-22)41-26-12-6-20(2)28(18-26)39-4/h5-18H,1-4H3. The molecule has 4 aromatic carbocycles. The van der Waals surface area contributed by atoms with Crippen molar-refractivity contribution in [2.24, 2.45) is 0 Å². The SMILES string of the molecule is COc1cc(Oc2ccc(C(c3ccc(Oc4ccc(C)c(OC)c4)cc3)(C(F)(F)F)C(F)(F)F)cc2)ccc1C. The Bertz CT molecular complexity index is 1380. The van der Waals surface area contributed by atoms with Crippen molar-refractivity contribution in [3.8, 4) is 34.5 Å². The number of methoxy groups -OCH3 is 2. The summed E-state index contributed by atoms with van der Waals surface area (Å²) in [6, 6.07) is 17.1. The minimum absolute atomic E-state index is 0.0511. The zero-order valence-corrected chi connectivity index (χ0v) is 22.5. The van der Waals surface area contributed by atoms with Crippen LogP contribution in [0.25, 0.3) is 0 Å². The van der Waals surface area contributed by atoms with Gasteiger partial charge in [-0.1, -0.05) is 36.4 Å². The van der Waals surface area contributed by atoms with Gasteiger partial charge in [-0.3, -0.25) is 0 Å². The Morgan fingerprint density at radius 2 is 0.780 bits per heavy atom.